The molecule has 0 saturated carbocycles. The van der Waals surface area contributed by atoms with Crippen molar-refractivity contribution >= 4 is 40.3 Å². The first kappa shape index (κ1) is 25.4. The molecule has 0 aliphatic carbocycles. The standard InChI is InChI=1S/C28H26ClFN6O2/c1-34(2)9-10-36(17-37)26-4-3-18(11-24(26)29)21-14-20(30)15-22(28(21)38)19-12-25-23(16-32-33-25)27(13-19)35-7-5-31-6-8-35/h3-4,11-17,31,38H,5-8H2,1-2H3,(H,32,33). The Hall–Kier alpha value is -4.26. The maximum atomic E-state index is 15.0. The minimum absolute atomic E-state index is 0.0833. The van der Waals surface area contributed by atoms with Crippen LogP contribution >= 0.6 is 11.6 Å². The highest BCUT2D eigenvalue weighted by atomic mass is 35.5. The molecule has 1 fully saturated rings. The van der Waals surface area contributed by atoms with Gasteiger partial charge in [0.15, 0.2) is 0 Å². The number of rotatable bonds is 5. The van der Waals surface area contributed by atoms with Gasteiger partial charge >= 0.3 is 0 Å². The molecule has 0 spiro atoms. The maximum Gasteiger partial charge on any atom is 0.226 e. The van der Waals surface area contributed by atoms with Gasteiger partial charge < -0.3 is 20.2 Å². The summed E-state index contributed by atoms with van der Waals surface area (Å²) in [5.41, 5.74) is 3.91. The molecule has 38 heavy (non-hydrogen) atoms. The average Bonchev–Trinajstić information content (AvgIpc) is 3.39. The van der Waals surface area contributed by atoms with E-state index in [-0.39, 0.29) is 16.3 Å². The zero-order valence-corrected chi connectivity index (χ0v) is 21.7. The van der Waals surface area contributed by atoms with Crippen molar-refractivity contribution in [1.29, 1.82) is 0 Å². The number of carbonyl (C=O) groups excluding carboxylic acids is 1. The lowest BCUT2D eigenvalue weighted by Gasteiger charge is -2.30. The van der Waals surface area contributed by atoms with Crippen LogP contribution in [0.5, 0.6) is 5.75 Å². The number of aromatic amines is 1. The second-order valence-electron chi connectivity index (χ2n) is 9.17. The van der Waals surface area contributed by atoms with Crippen molar-refractivity contribution in [2.75, 3.05) is 50.1 Å². The Morgan fingerprint density at radius 2 is 1.82 bits per heavy atom. The Kier molecular flexibility index (Phi) is 7.09. The number of aromatic nitrogens is 2. The SMILES string of the molecule is CN(C)C#CN(C=O)c1ccc(-c2cc(F)cc(-c3cc(N4CCNCC4)c4cn[nH]c4c3)c2O)cc1Cl. The Bertz CT molecular complexity index is 1570. The van der Waals surface area contributed by atoms with Gasteiger partial charge in [-0.1, -0.05) is 17.7 Å². The molecule has 3 aromatic carbocycles. The number of H-pyrrole nitrogens is 1. The van der Waals surface area contributed by atoms with Crippen molar-refractivity contribution in [3.8, 4) is 40.1 Å². The van der Waals surface area contributed by atoms with Crippen LogP contribution < -0.4 is 15.1 Å². The molecule has 4 aromatic rings. The number of piperazine rings is 1. The van der Waals surface area contributed by atoms with Crippen molar-refractivity contribution in [2.45, 2.75) is 0 Å². The van der Waals surface area contributed by atoms with E-state index in [4.69, 9.17) is 11.6 Å². The maximum absolute atomic E-state index is 15.0. The quantitative estimate of drug-likeness (QED) is 0.202. The summed E-state index contributed by atoms with van der Waals surface area (Å²) in [6.07, 6.45) is 2.35. The van der Waals surface area contributed by atoms with Crippen molar-refractivity contribution in [1.82, 2.24) is 20.4 Å². The normalized spacial score (nSPS) is 13.2. The summed E-state index contributed by atoms with van der Waals surface area (Å²) in [6.45, 7) is 3.37. The second-order valence-corrected chi connectivity index (χ2v) is 9.58. The minimum Gasteiger partial charge on any atom is -0.507 e. The number of hydrogen-bond acceptors (Lipinski definition) is 6. The number of phenols is 1. The van der Waals surface area contributed by atoms with Gasteiger partial charge in [-0.15, -0.1) is 0 Å². The smallest absolute Gasteiger partial charge is 0.226 e. The van der Waals surface area contributed by atoms with Crippen LogP contribution in [0.1, 0.15) is 0 Å². The Morgan fingerprint density at radius 3 is 2.50 bits per heavy atom. The highest BCUT2D eigenvalue weighted by molar-refractivity contribution is 6.34. The van der Waals surface area contributed by atoms with Crippen LogP contribution in [0.25, 0.3) is 33.2 Å². The number of nitrogens with one attached hydrogen (secondary N) is 2. The molecule has 1 saturated heterocycles. The molecule has 0 bridgehead atoms. The third-order valence-electron chi connectivity index (χ3n) is 6.40. The number of aromatic hydroxyl groups is 1. The summed E-state index contributed by atoms with van der Waals surface area (Å²) < 4.78 is 15.0. The van der Waals surface area contributed by atoms with Crippen LogP contribution in [0.15, 0.2) is 48.7 Å². The lowest BCUT2D eigenvalue weighted by atomic mass is 9.95. The van der Waals surface area contributed by atoms with E-state index in [1.807, 2.05) is 12.1 Å². The molecule has 3 N–H and O–H groups in total. The predicted octanol–water partition coefficient (Wildman–Crippen LogP) is 4.25. The number of benzene rings is 3. The second kappa shape index (κ2) is 10.6. The molecule has 10 heteroatoms. The molecule has 0 atom stereocenters. The number of carbonyl (C=O) groups is 1. The van der Waals surface area contributed by atoms with E-state index in [2.05, 4.69) is 32.5 Å². The molecule has 1 aliphatic heterocycles. The number of hydrogen-bond donors (Lipinski definition) is 3. The molecule has 8 nitrogen and oxygen atoms in total. The van der Waals surface area contributed by atoms with E-state index in [0.29, 0.717) is 28.8 Å². The number of phenolic OH excluding ortho intramolecular Hbond substituents is 1. The van der Waals surface area contributed by atoms with Gasteiger partial charge in [-0.25, -0.2) is 9.29 Å². The van der Waals surface area contributed by atoms with Crippen LogP contribution in [0, 0.1) is 17.9 Å². The van der Waals surface area contributed by atoms with E-state index in [1.165, 1.54) is 17.0 Å². The topological polar surface area (TPSA) is 87.7 Å². The molecular weight excluding hydrogens is 507 g/mol. The molecule has 0 unspecified atom stereocenters. The Morgan fingerprint density at radius 1 is 1.08 bits per heavy atom. The van der Waals surface area contributed by atoms with E-state index < -0.39 is 5.82 Å². The van der Waals surface area contributed by atoms with Crippen molar-refractivity contribution < 1.29 is 14.3 Å². The van der Waals surface area contributed by atoms with Crippen molar-refractivity contribution in [3.63, 3.8) is 0 Å². The fourth-order valence-corrected chi connectivity index (χ4v) is 4.83. The molecular formula is C28H26ClFN6O2. The number of halogens is 2. The summed E-state index contributed by atoms with van der Waals surface area (Å²) in [4.78, 5) is 16.6. The highest BCUT2D eigenvalue weighted by Crippen LogP contribution is 2.43. The lowest BCUT2D eigenvalue weighted by Crippen LogP contribution is -2.43. The van der Waals surface area contributed by atoms with E-state index in [1.54, 1.807) is 43.4 Å². The van der Waals surface area contributed by atoms with Crippen molar-refractivity contribution in [3.05, 3.63) is 59.5 Å². The molecule has 1 amide bonds. The zero-order valence-electron chi connectivity index (χ0n) is 20.9. The van der Waals surface area contributed by atoms with Gasteiger partial charge in [0.25, 0.3) is 0 Å². The summed E-state index contributed by atoms with van der Waals surface area (Å²) in [5.74, 6) is -0.590. The lowest BCUT2D eigenvalue weighted by molar-refractivity contribution is -0.106. The first-order chi connectivity index (χ1) is 18.4. The summed E-state index contributed by atoms with van der Waals surface area (Å²) in [6, 6.07) is 16.7. The molecule has 0 radical (unpaired) electrons. The first-order valence-electron chi connectivity index (χ1n) is 12.0. The third-order valence-corrected chi connectivity index (χ3v) is 6.70. The largest absolute Gasteiger partial charge is 0.507 e. The molecule has 194 valence electrons. The Labute approximate surface area is 224 Å². The van der Waals surface area contributed by atoms with Gasteiger partial charge in [0, 0.05) is 74.6 Å². The van der Waals surface area contributed by atoms with E-state index in [0.717, 1.165) is 42.8 Å². The summed E-state index contributed by atoms with van der Waals surface area (Å²) in [5, 5.41) is 23.1. The van der Waals surface area contributed by atoms with Crippen LogP contribution in [-0.2, 0) is 4.79 Å². The highest BCUT2D eigenvalue weighted by Gasteiger charge is 2.20. The molecule has 1 aromatic heterocycles. The van der Waals surface area contributed by atoms with Crippen LogP contribution in [0.2, 0.25) is 5.02 Å². The number of nitrogens with zero attached hydrogens (tertiary/aromatic N) is 4. The van der Waals surface area contributed by atoms with Crippen molar-refractivity contribution in [2.24, 2.45) is 0 Å². The number of fused-ring (bicyclic) bond motifs is 1. The number of amides is 1. The van der Waals surface area contributed by atoms with Gasteiger partial charge in [-0.2, -0.15) is 5.10 Å². The van der Waals surface area contributed by atoms with Gasteiger partial charge in [0.05, 0.1) is 22.4 Å². The monoisotopic (exact) mass is 532 g/mol. The Balaban J connectivity index is 1.58. The molecule has 2 heterocycles. The van der Waals surface area contributed by atoms with Crippen LogP contribution in [-0.4, -0.2) is 66.9 Å². The van der Waals surface area contributed by atoms with Gasteiger partial charge in [0.1, 0.15) is 11.6 Å². The van der Waals surface area contributed by atoms with E-state index >= 15 is 0 Å². The summed E-state index contributed by atoms with van der Waals surface area (Å²) >= 11 is 6.50. The number of anilines is 2. The minimum atomic E-state index is -0.507. The van der Waals surface area contributed by atoms with Gasteiger partial charge in [-0.05, 0) is 47.5 Å². The predicted molar refractivity (Wildman–Crippen MR) is 149 cm³/mol. The van der Waals surface area contributed by atoms with E-state index in [9.17, 15) is 14.3 Å². The zero-order chi connectivity index (χ0) is 26.8. The van der Waals surface area contributed by atoms with Crippen LogP contribution in [0.4, 0.5) is 15.8 Å². The fourth-order valence-electron chi connectivity index (χ4n) is 4.56. The van der Waals surface area contributed by atoms with Gasteiger partial charge in [-0.3, -0.25) is 9.89 Å². The summed E-state index contributed by atoms with van der Waals surface area (Å²) in [7, 11) is 3.50. The fraction of sp³-hybridized carbons (Fsp3) is 0.214. The van der Waals surface area contributed by atoms with Gasteiger partial charge in [0.2, 0.25) is 6.41 Å². The molecule has 5 rings (SSSR count). The third kappa shape index (κ3) is 4.96. The van der Waals surface area contributed by atoms with Crippen LogP contribution in [0.3, 0.4) is 0 Å². The first-order valence-corrected chi connectivity index (χ1v) is 12.4. The molecule has 1 aliphatic rings. The average molecular weight is 533 g/mol.